The summed E-state index contributed by atoms with van der Waals surface area (Å²) >= 11 is 0. The number of hydrogen-bond donors (Lipinski definition) is 1. The summed E-state index contributed by atoms with van der Waals surface area (Å²) in [6.07, 6.45) is 0.675. The molecule has 110 valence electrons. The molecule has 2 aromatic carbocycles. The van der Waals surface area contributed by atoms with Crippen LogP contribution in [0.2, 0.25) is 0 Å². The van der Waals surface area contributed by atoms with Crippen LogP contribution in [0.15, 0.2) is 36.4 Å². The molecule has 0 atom stereocenters. The smallest absolute Gasteiger partial charge is 0.169 e. The van der Waals surface area contributed by atoms with Crippen molar-refractivity contribution in [2.75, 3.05) is 6.61 Å². The van der Waals surface area contributed by atoms with Gasteiger partial charge in [0.15, 0.2) is 17.3 Å². The lowest BCUT2D eigenvalue weighted by Gasteiger charge is -2.17. The Balaban J connectivity index is 2.75. The molecule has 0 unspecified atom stereocenters. The third-order valence-corrected chi connectivity index (χ3v) is 3.44. The van der Waals surface area contributed by atoms with Crippen LogP contribution >= 0.6 is 0 Å². The first-order chi connectivity index (χ1) is 10.1. The van der Waals surface area contributed by atoms with E-state index in [2.05, 4.69) is 0 Å². The number of phenolic OH excluding ortho intramolecular Hbond substituents is 1. The van der Waals surface area contributed by atoms with E-state index in [4.69, 9.17) is 4.74 Å². The first-order valence-corrected chi connectivity index (χ1v) is 7.18. The van der Waals surface area contributed by atoms with Crippen LogP contribution in [0.25, 0.3) is 11.1 Å². The number of ether oxygens (including phenoxy) is 1. The van der Waals surface area contributed by atoms with E-state index in [9.17, 15) is 9.90 Å². The molecule has 21 heavy (non-hydrogen) atoms. The number of aryl methyl sites for hydroxylation is 1. The van der Waals surface area contributed by atoms with Crippen molar-refractivity contribution in [3.8, 4) is 22.6 Å². The minimum atomic E-state index is -0.148. The van der Waals surface area contributed by atoms with Gasteiger partial charge >= 0.3 is 0 Å². The summed E-state index contributed by atoms with van der Waals surface area (Å²) in [4.78, 5) is 11.8. The van der Waals surface area contributed by atoms with Crippen LogP contribution in [0.5, 0.6) is 11.5 Å². The molecule has 0 amide bonds. The van der Waals surface area contributed by atoms with Crippen LogP contribution < -0.4 is 4.74 Å². The Hall–Kier alpha value is -2.29. The summed E-state index contributed by atoms with van der Waals surface area (Å²) in [5.41, 5.74) is 2.97. The molecule has 0 heterocycles. The lowest BCUT2D eigenvalue weighted by atomic mass is 9.94. The van der Waals surface area contributed by atoms with Crippen LogP contribution in [0.1, 0.15) is 36.7 Å². The zero-order valence-electron chi connectivity index (χ0n) is 12.6. The van der Waals surface area contributed by atoms with E-state index < -0.39 is 0 Å². The molecule has 3 heteroatoms. The summed E-state index contributed by atoms with van der Waals surface area (Å²) in [5, 5.41) is 10.5. The lowest BCUT2D eigenvalue weighted by molar-refractivity contribution is 0.101. The third kappa shape index (κ3) is 2.92. The Morgan fingerprint density at radius 2 is 1.86 bits per heavy atom. The van der Waals surface area contributed by atoms with E-state index in [0.29, 0.717) is 24.3 Å². The molecule has 2 rings (SSSR count). The molecule has 1 N–H and O–H groups in total. The van der Waals surface area contributed by atoms with Crippen molar-refractivity contribution < 1.29 is 14.6 Å². The molecule has 0 aromatic heterocycles. The largest absolute Gasteiger partial charge is 0.504 e. The molecule has 0 saturated heterocycles. The van der Waals surface area contributed by atoms with Gasteiger partial charge in [-0.15, -0.1) is 0 Å². The highest BCUT2D eigenvalue weighted by Crippen LogP contribution is 2.42. The number of carbonyl (C=O) groups is 1. The highest BCUT2D eigenvalue weighted by Gasteiger charge is 2.21. The molecule has 0 saturated carbocycles. The second-order valence-corrected chi connectivity index (χ2v) is 4.84. The van der Waals surface area contributed by atoms with Crippen molar-refractivity contribution in [3.05, 3.63) is 47.5 Å². The topological polar surface area (TPSA) is 46.5 Å². The molecule has 0 bridgehead atoms. The van der Waals surface area contributed by atoms with Gasteiger partial charge in [0.1, 0.15) is 0 Å². The molecule has 3 nitrogen and oxygen atoms in total. The van der Waals surface area contributed by atoms with E-state index in [-0.39, 0.29) is 11.5 Å². The van der Waals surface area contributed by atoms with E-state index in [1.165, 1.54) is 6.92 Å². The van der Waals surface area contributed by atoms with Crippen LogP contribution in [-0.4, -0.2) is 17.5 Å². The van der Waals surface area contributed by atoms with Gasteiger partial charge in [-0.05, 0) is 37.5 Å². The van der Waals surface area contributed by atoms with Crippen LogP contribution in [0.4, 0.5) is 0 Å². The number of Topliss-reactive ketones (excluding diaryl/α,β-unsaturated/α-hetero) is 1. The molecule has 0 aliphatic heterocycles. The molecular weight excluding hydrogens is 264 g/mol. The highest BCUT2D eigenvalue weighted by atomic mass is 16.5. The average Bonchev–Trinajstić information content (AvgIpc) is 2.49. The first kappa shape index (κ1) is 15.1. The molecule has 0 aliphatic rings. The standard InChI is InChI=1S/C18H20O3/c1-4-13-11-15(14-9-7-6-8-10-14)18(21-5-2)17(20)16(13)12(3)19/h6-11,20H,4-5H2,1-3H3. The number of phenols is 1. The number of hydrogen-bond acceptors (Lipinski definition) is 3. The van der Waals surface area contributed by atoms with Crippen LogP contribution in [0, 0.1) is 0 Å². The van der Waals surface area contributed by atoms with E-state index >= 15 is 0 Å². The van der Waals surface area contributed by atoms with Crippen LogP contribution in [-0.2, 0) is 6.42 Å². The second kappa shape index (κ2) is 6.44. The van der Waals surface area contributed by atoms with Gasteiger partial charge in [-0.3, -0.25) is 4.79 Å². The Morgan fingerprint density at radius 3 is 2.38 bits per heavy atom. The van der Waals surface area contributed by atoms with E-state index in [1.54, 1.807) is 0 Å². The van der Waals surface area contributed by atoms with Crippen molar-refractivity contribution in [2.45, 2.75) is 27.2 Å². The Kier molecular flexibility index (Phi) is 4.63. The lowest BCUT2D eigenvalue weighted by Crippen LogP contribution is -2.04. The Bertz CT molecular complexity index is 645. The molecule has 0 radical (unpaired) electrons. The quantitative estimate of drug-likeness (QED) is 0.836. The number of carbonyl (C=O) groups excluding carboxylic acids is 1. The van der Waals surface area contributed by atoms with Gasteiger partial charge in [-0.1, -0.05) is 37.3 Å². The monoisotopic (exact) mass is 284 g/mol. The van der Waals surface area contributed by atoms with Gasteiger partial charge in [0.25, 0.3) is 0 Å². The maximum absolute atomic E-state index is 11.8. The summed E-state index contributed by atoms with van der Waals surface area (Å²) in [6.45, 7) is 5.72. The van der Waals surface area contributed by atoms with Gasteiger partial charge in [0.2, 0.25) is 0 Å². The summed E-state index contributed by atoms with van der Waals surface area (Å²) in [5.74, 6) is 0.179. The third-order valence-electron chi connectivity index (χ3n) is 3.44. The Labute approximate surface area is 125 Å². The fourth-order valence-electron chi connectivity index (χ4n) is 2.50. The maximum Gasteiger partial charge on any atom is 0.169 e. The van der Waals surface area contributed by atoms with Crippen molar-refractivity contribution in [1.29, 1.82) is 0 Å². The molecular formula is C18H20O3. The predicted molar refractivity (Wildman–Crippen MR) is 84.1 cm³/mol. The summed E-state index contributed by atoms with van der Waals surface area (Å²) in [7, 11) is 0. The number of aromatic hydroxyl groups is 1. The van der Waals surface area contributed by atoms with Gasteiger partial charge in [0, 0.05) is 5.56 Å². The number of ketones is 1. The number of rotatable bonds is 5. The SMILES string of the molecule is CCOc1c(-c2ccccc2)cc(CC)c(C(C)=O)c1O. The van der Waals surface area contributed by atoms with Gasteiger partial charge in [-0.2, -0.15) is 0 Å². The van der Waals surface area contributed by atoms with Gasteiger partial charge < -0.3 is 9.84 Å². The van der Waals surface area contributed by atoms with Crippen molar-refractivity contribution in [1.82, 2.24) is 0 Å². The summed E-state index contributed by atoms with van der Waals surface area (Å²) in [6, 6.07) is 11.7. The minimum Gasteiger partial charge on any atom is -0.504 e. The average molecular weight is 284 g/mol. The number of benzene rings is 2. The minimum absolute atomic E-state index is 0.0532. The van der Waals surface area contributed by atoms with E-state index in [1.807, 2.05) is 50.2 Å². The normalized spacial score (nSPS) is 10.4. The van der Waals surface area contributed by atoms with Crippen molar-refractivity contribution in [2.24, 2.45) is 0 Å². The molecule has 2 aromatic rings. The van der Waals surface area contributed by atoms with Crippen molar-refractivity contribution in [3.63, 3.8) is 0 Å². The maximum atomic E-state index is 11.8. The fraction of sp³-hybridized carbons (Fsp3) is 0.278. The van der Waals surface area contributed by atoms with Gasteiger partial charge in [0.05, 0.1) is 12.2 Å². The highest BCUT2D eigenvalue weighted by molar-refractivity contribution is 6.00. The molecule has 0 aliphatic carbocycles. The first-order valence-electron chi connectivity index (χ1n) is 7.18. The zero-order chi connectivity index (χ0) is 15.4. The summed E-state index contributed by atoms with van der Waals surface area (Å²) < 4.78 is 5.61. The molecule has 0 spiro atoms. The zero-order valence-corrected chi connectivity index (χ0v) is 12.6. The predicted octanol–water partition coefficient (Wildman–Crippen LogP) is 4.22. The van der Waals surface area contributed by atoms with E-state index in [0.717, 1.165) is 16.7 Å². The van der Waals surface area contributed by atoms with Crippen LogP contribution in [0.3, 0.4) is 0 Å². The fourth-order valence-corrected chi connectivity index (χ4v) is 2.50. The molecule has 0 fully saturated rings. The second-order valence-electron chi connectivity index (χ2n) is 4.84. The van der Waals surface area contributed by atoms with Gasteiger partial charge in [-0.25, -0.2) is 0 Å². The Morgan fingerprint density at radius 1 is 1.19 bits per heavy atom. The van der Waals surface area contributed by atoms with Crippen molar-refractivity contribution >= 4 is 5.78 Å².